The largest absolute Gasteiger partial charge is 0.354 e. The molecule has 1 fully saturated rings. The Balaban J connectivity index is 2.16. The first kappa shape index (κ1) is 10.7. The SMILES string of the molecule is CC1CN(c2cccc(F)n2)CC(C)S1. The molecule has 1 aromatic heterocycles. The van der Waals surface area contributed by atoms with Gasteiger partial charge in [0.05, 0.1) is 0 Å². The van der Waals surface area contributed by atoms with E-state index >= 15 is 0 Å². The number of anilines is 1. The lowest BCUT2D eigenvalue weighted by Crippen LogP contribution is -2.40. The van der Waals surface area contributed by atoms with Crippen LogP contribution < -0.4 is 4.90 Å². The van der Waals surface area contributed by atoms with Crippen molar-refractivity contribution in [2.75, 3.05) is 18.0 Å². The molecule has 2 heterocycles. The fraction of sp³-hybridized carbons (Fsp3) is 0.545. The van der Waals surface area contributed by atoms with Gasteiger partial charge in [0, 0.05) is 23.6 Å². The lowest BCUT2D eigenvalue weighted by molar-refractivity contribution is 0.579. The molecule has 0 amide bonds. The first-order chi connectivity index (χ1) is 7.15. The highest BCUT2D eigenvalue weighted by Crippen LogP contribution is 2.27. The van der Waals surface area contributed by atoms with E-state index in [1.807, 2.05) is 17.8 Å². The molecule has 1 saturated heterocycles. The van der Waals surface area contributed by atoms with Crippen LogP contribution in [0.25, 0.3) is 0 Å². The van der Waals surface area contributed by atoms with Gasteiger partial charge in [-0.25, -0.2) is 4.98 Å². The molecule has 0 radical (unpaired) electrons. The number of hydrogen-bond donors (Lipinski definition) is 0. The van der Waals surface area contributed by atoms with Crippen LogP contribution in [0.3, 0.4) is 0 Å². The average Bonchev–Trinajstić information content (AvgIpc) is 2.16. The van der Waals surface area contributed by atoms with Crippen LogP contribution in [0.1, 0.15) is 13.8 Å². The first-order valence-corrected chi connectivity index (χ1v) is 6.12. The monoisotopic (exact) mass is 226 g/mol. The third-order valence-electron chi connectivity index (χ3n) is 2.44. The van der Waals surface area contributed by atoms with E-state index < -0.39 is 5.95 Å². The van der Waals surface area contributed by atoms with E-state index in [2.05, 4.69) is 23.7 Å². The fourth-order valence-corrected chi connectivity index (χ4v) is 3.26. The standard InChI is InChI=1S/C11H15FN2S/c1-8-6-14(7-9(2)15-8)11-5-3-4-10(12)13-11/h3-5,8-9H,6-7H2,1-2H3. The van der Waals surface area contributed by atoms with E-state index in [9.17, 15) is 4.39 Å². The molecule has 0 N–H and O–H groups in total. The summed E-state index contributed by atoms with van der Waals surface area (Å²) in [4.78, 5) is 6.08. The number of aromatic nitrogens is 1. The van der Waals surface area contributed by atoms with Crippen LogP contribution >= 0.6 is 11.8 Å². The quantitative estimate of drug-likeness (QED) is 0.685. The summed E-state index contributed by atoms with van der Waals surface area (Å²) >= 11 is 1.98. The number of rotatable bonds is 1. The maximum Gasteiger partial charge on any atom is 0.214 e. The molecule has 2 atom stereocenters. The van der Waals surface area contributed by atoms with Gasteiger partial charge in [-0.05, 0) is 12.1 Å². The molecule has 0 bridgehead atoms. The number of hydrogen-bond acceptors (Lipinski definition) is 3. The zero-order valence-electron chi connectivity index (χ0n) is 8.98. The summed E-state index contributed by atoms with van der Waals surface area (Å²) in [6.45, 7) is 6.30. The Morgan fingerprint density at radius 1 is 1.33 bits per heavy atom. The van der Waals surface area contributed by atoms with Crippen molar-refractivity contribution in [1.29, 1.82) is 0 Å². The van der Waals surface area contributed by atoms with Gasteiger partial charge in [0.25, 0.3) is 0 Å². The van der Waals surface area contributed by atoms with Gasteiger partial charge in [0.2, 0.25) is 5.95 Å². The molecule has 82 valence electrons. The smallest absolute Gasteiger partial charge is 0.214 e. The first-order valence-electron chi connectivity index (χ1n) is 5.18. The predicted molar refractivity (Wildman–Crippen MR) is 62.9 cm³/mol. The van der Waals surface area contributed by atoms with Gasteiger partial charge in [-0.15, -0.1) is 0 Å². The Morgan fingerprint density at radius 3 is 2.60 bits per heavy atom. The lowest BCUT2D eigenvalue weighted by atomic mass is 10.3. The summed E-state index contributed by atoms with van der Waals surface area (Å²) in [5.74, 6) is 0.361. The van der Waals surface area contributed by atoms with Crippen molar-refractivity contribution in [2.45, 2.75) is 24.3 Å². The molecule has 0 spiro atoms. The Hall–Kier alpha value is -0.770. The van der Waals surface area contributed by atoms with Crippen molar-refractivity contribution in [2.24, 2.45) is 0 Å². The van der Waals surface area contributed by atoms with Crippen molar-refractivity contribution in [1.82, 2.24) is 4.98 Å². The van der Waals surface area contributed by atoms with E-state index in [1.165, 1.54) is 6.07 Å². The van der Waals surface area contributed by atoms with Gasteiger partial charge >= 0.3 is 0 Å². The van der Waals surface area contributed by atoms with E-state index in [1.54, 1.807) is 6.07 Å². The molecule has 4 heteroatoms. The molecule has 1 aliphatic rings. The molecule has 0 aromatic carbocycles. The van der Waals surface area contributed by atoms with Crippen molar-refractivity contribution >= 4 is 17.6 Å². The maximum absolute atomic E-state index is 13.0. The van der Waals surface area contributed by atoms with Crippen LogP contribution in [0.2, 0.25) is 0 Å². The topological polar surface area (TPSA) is 16.1 Å². The summed E-state index contributed by atoms with van der Waals surface area (Å²) in [6.07, 6.45) is 0. The van der Waals surface area contributed by atoms with Crippen molar-refractivity contribution < 1.29 is 4.39 Å². The molecule has 0 saturated carbocycles. The summed E-state index contributed by atoms with van der Waals surface area (Å²) in [6, 6.07) is 4.97. The van der Waals surface area contributed by atoms with E-state index in [4.69, 9.17) is 0 Å². The molecule has 2 unspecified atom stereocenters. The van der Waals surface area contributed by atoms with Gasteiger partial charge in [0.1, 0.15) is 5.82 Å². The van der Waals surface area contributed by atoms with Crippen LogP contribution in [0.15, 0.2) is 18.2 Å². The van der Waals surface area contributed by atoms with Crippen LogP contribution in [0.4, 0.5) is 10.2 Å². The number of pyridine rings is 1. The molecule has 1 aromatic rings. The molecular weight excluding hydrogens is 211 g/mol. The molecule has 2 nitrogen and oxygen atoms in total. The second-order valence-electron chi connectivity index (χ2n) is 3.98. The van der Waals surface area contributed by atoms with E-state index in [0.717, 1.165) is 18.9 Å². The van der Waals surface area contributed by atoms with Crippen LogP contribution in [-0.4, -0.2) is 28.6 Å². The Morgan fingerprint density at radius 2 is 2.00 bits per heavy atom. The van der Waals surface area contributed by atoms with Gasteiger partial charge in [-0.3, -0.25) is 0 Å². The minimum atomic E-state index is -0.397. The zero-order valence-corrected chi connectivity index (χ0v) is 9.80. The summed E-state index contributed by atoms with van der Waals surface area (Å²) < 4.78 is 13.0. The highest BCUT2D eigenvalue weighted by Gasteiger charge is 2.23. The predicted octanol–water partition coefficient (Wildman–Crippen LogP) is 2.55. The van der Waals surface area contributed by atoms with Crippen LogP contribution in [0, 0.1) is 5.95 Å². The Kier molecular flexibility index (Phi) is 3.14. The molecule has 1 aliphatic heterocycles. The van der Waals surface area contributed by atoms with Gasteiger partial charge in [-0.2, -0.15) is 16.2 Å². The minimum absolute atomic E-state index is 0.397. The minimum Gasteiger partial charge on any atom is -0.354 e. The molecule has 0 aliphatic carbocycles. The van der Waals surface area contributed by atoms with Crippen LogP contribution in [-0.2, 0) is 0 Å². The number of nitrogens with zero attached hydrogens (tertiary/aromatic N) is 2. The van der Waals surface area contributed by atoms with Crippen molar-refractivity contribution in [3.05, 3.63) is 24.1 Å². The molecule has 15 heavy (non-hydrogen) atoms. The lowest BCUT2D eigenvalue weighted by Gasteiger charge is -2.35. The Labute approximate surface area is 93.9 Å². The second-order valence-corrected chi connectivity index (χ2v) is 5.86. The summed E-state index contributed by atoms with van der Waals surface area (Å²) in [5.41, 5.74) is 0. The van der Waals surface area contributed by atoms with Crippen molar-refractivity contribution in [3.63, 3.8) is 0 Å². The Bertz CT molecular complexity index is 335. The number of halogens is 1. The summed E-state index contributed by atoms with van der Waals surface area (Å²) in [5, 5.41) is 1.16. The van der Waals surface area contributed by atoms with E-state index in [0.29, 0.717) is 10.5 Å². The van der Waals surface area contributed by atoms with Crippen molar-refractivity contribution in [3.8, 4) is 0 Å². The molecule has 2 rings (SSSR count). The van der Waals surface area contributed by atoms with Crippen LogP contribution in [0.5, 0.6) is 0 Å². The summed E-state index contributed by atoms with van der Waals surface area (Å²) in [7, 11) is 0. The maximum atomic E-state index is 13.0. The van der Waals surface area contributed by atoms with Gasteiger partial charge < -0.3 is 4.90 Å². The third-order valence-corrected chi connectivity index (χ3v) is 3.67. The van der Waals surface area contributed by atoms with Gasteiger partial charge in [-0.1, -0.05) is 19.9 Å². The second kappa shape index (κ2) is 4.39. The highest BCUT2D eigenvalue weighted by molar-refractivity contribution is 8.00. The normalized spacial score (nSPS) is 26.7. The highest BCUT2D eigenvalue weighted by atomic mass is 32.2. The third kappa shape index (κ3) is 2.62. The fourth-order valence-electron chi connectivity index (χ4n) is 1.94. The molecular formula is C11H15FN2S. The zero-order chi connectivity index (χ0) is 10.8. The average molecular weight is 226 g/mol. The van der Waals surface area contributed by atoms with E-state index in [-0.39, 0.29) is 0 Å². The van der Waals surface area contributed by atoms with Gasteiger partial charge in [0.15, 0.2) is 0 Å². The number of thioether (sulfide) groups is 1.